The van der Waals surface area contributed by atoms with Crippen LogP contribution in [0.3, 0.4) is 0 Å². The van der Waals surface area contributed by atoms with E-state index in [4.69, 9.17) is 9.94 Å². The topological polar surface area (TPSA) is 63.8 Å². The van der Waals surface area contributed by atoms with Crippen molar-refractivity contribution in [1.82, 2.24) is 4.57 Å². The van der Waals surface area contributed by atoms with Gasteiger partial charge < -0.3 is 9.94 Å². The van der Waals surface area contributed by atoms with Crippen LogP contribution in [0.15, 0.2) is 75.6 Å². The number of hydrogen-bond donors (Lipinski definition) is 1. The molecule has 1 aliphatic heterocycles. The molecule has 1 aromatic heterocycles. The molecule has 0 bridgehead atoms. The van der Waals surface area contributed by atoms with Crippen LogP contribution in [0.25, 0.3) is 11.1 Å². The van der Waals surface area contributed by atoms with E-state index in [1.54, 1.807) is 23.6 Å². The van der Waals surface area contributed by atoms with Gasteiger partial charge in [0.2, 0.25) is 0 Å². The molecule has 39 heavy (non-hydrogen) atoms. The molecule has 0 spiro atoms. The van der Waals surface area contributed by atoms with Gasteiger partial charge in [-0.15, -0.1) is 11.8 Å². The molecule has 5 nitrogen and oxygen atoms in total. The number of aromatic nitrogens is 1. The fourth-order valence-electron chi connectivity index (χ4n) is 5.12. The van der Waals surface area contributed by atoms with Crippen LogP contribution in [-0.2, 0) is 12.8 Å². The fourth-order valence-corrected chi connectivity index (χ4v) is 6.51. The molecule has 0 amide bonds. The largest absolute Gasteiger partial charge is 0.494 e. The summed E-state index contributed by atoms with van der Waals surface area (Å²) in [4.78, 5) is 14.1. The predicted molar refractivity (Wildman–Crippen MR) is 146 cm³/mol. The summed E-state index contributed by atoms with van der Waals surface area (Å²) in [5.41, 5.74) is 2.37. The summed E-state index contributed by atoms with van der Waals surface area (Å²) in [6.07, 6.45) is 1.70. The van der Waals surface area contributed by atoms with E-state index in [0.717, 1.165) is 5.56 Å². The number of oxime groups is 1. The zero-order valence-electron chi connectivity index (χ0n) is 21.2. The smallest absolute Gasteiger partial charge is 0.259 e. The third-order valence-electron chi connectivity index (χ3n) is 7.01. The lowest BCUT2D eigenvalue weighted by molar-refractivity contribution is 0.322. The lowest BCUT2D eigenvalue weighted by Crippen LogP contribution is -2.29. The van der Waals surface area contributed by atoms with E-state index in [2.05, 4.69) is 5.16 Å². The Morgan fingerprint density at radius 3 is 2.51 bits per heavy atom. The number of ether oxygens (including phenoxy) is 1. The van der Waals surface area contributed by atoms with Gasteiger partial charge in [-0.25, -0.2) is 13.2 Å². The predicted octanol–water partition coefficient (Wildman–Crippen LogP) is 6.54. The van der Waals surface area contributed by atoms with Gasteiger partial charge in [0.15, 0.2) is 11.6 Å². The van der Waals surface area contributed by atoms with Crippen molar-refractivity contribution in [2.45, 2.75) is 30.8 Å². The molecular weight excluding hydrogens is 525 g/mol. The maximum absolute atomic E-state index is 15.5. The summed E-state index contributed by atoms with van der Waals surface area (Å²) in [5.74, 6) is -1.51. The van der Waals surface area contributed by atoms with Crippen molar-refractivity contribution in [3.8, 4) is 16.9 Å². The van der Waals surface area contributed by atoms with E-state index in [0.29, 0.717) is 33.9 Å². The van der Waals surface area contributed by atoms with Crippen molar-refractivity contribution < 1.29 is 23.1 Å². The number of pyridine rings is 1. The SMILES string of the molecule is COc1cccc(-c2c(C)c(Cc3c(F)cccc3F)c3n(c2=O)C(Cc2cccc(/C=N/O)c2)CS3)c1F. The number of hydrogen-bond acceptors (Lipinski definition) is 5. The molecule has 1 atom stereocenters. The Morgan fingerprint density at radius 1 is 1.08 bits per heavy atom. The maximum Gasteiger partial charge on any atom is 0.259 e. The average Bonchev–Trinajstić information content (AvgIpc) is 3.33. The first-order valence-corrected chi connectivity index (χ1v) is 13.3. The second-order valence-electron chi connectivity index (χ2n) is 9.32. The minimum absolute atomic E-state index is 0.00761. The van der Waals surface area contributed by atoms with Gasteiger partial charge in [0.25, 0.3) is 5.56 Å². The van der Waals surface area contributed by atoms with Crippen molar-refractivity contribution in [3.63, 3.8) is 0 Å². The van der Waals surface area contributed by atoms with E-state index in [-0.39, 0.29) is 40.5 Å². The normalized spacial score (nSPS) is 14.6. The van der Waals surface area contributed by atoms with Crippen LogP contribution in [0, 0.1) is 24.4 Å². The second-order valence-corrected chi connectivity index (χ2v) is 10.3. The number of thioether (sulfide) groups is 1. The van der Waals surface area contributed by atoms with Crippen LogP contribution in [0.5, 0.6) is 5.75 Å². The van der Waals surface area contributed by atoms with Crippen LogP contribution >= 0.6 is 11.8 Å². The van der Waals surface area contributed by atoms with E-state index in [9.17, 15) is 13.6 Å². The Labute approximate surface area is 227 Å². The number of benzene rings is 3. The molecule has 5 rings (SSSR count). The van der Waals surface area contributed by atoms with Crippen LogP contribution in [-0.4, -0.2) is 28.9 Å². The third-order valence-corrected chi connectivity index (χ3v) is 8.28. The van der Waals surface area contributed by atoms with Crippen molar-refractivity contribution in [2.75, 3.05) is 12.9 Å². The Hall–Kier alpha value is -3.98. The first-order chi connectivity index (χ1) is 18.8. The molecule has 2 heterocycles. The van der Waals surface area contributed by atoms with Crippen LogP contribution < -0.4 is 10.3 Å². The highest BCUT2D eigenvalue weighted by molar-refractivity contribution is 7.99. The minimum atomic E-state index is -0.685. The highest BCUT2D eigenvalue weighted by Gasteiger charge is 2.32. The van der Waals surface area contributed by atoms with Gasteiger partial charge in [-0.3, -0.25) is 9.36 Å². The zero-order valence-corrected chi connectivity index (χ0v) is 22.1. The fraction of sp³-hybridized carbons (Fsp3) is 0.200. The first-order valence-electron chi connectivity index (χ1n) is 12.3. The molecule has 3 aromatic carbocycles. The maximum atomic E-state index is 15.5. The van der Waals surface area contributed by atoms with E-state index >= 15 is 4.39 Å². The molecule has 0 saturated carbocycles. The lowest BCUT2D eigenvalue weighted by Gasteiger charge is -2.21. The molecule has 1 N–H and O–H groups in total. The van der Waals surface area contributed by atoms with Crippen LogP contribution in [0.2, 0.25) is 0 Å². The van der Waals surface area contributed by atoms with Crippen molar-refractivity contribution >= 4 is 18.0 Å². The zero-order chi connectivity index (χ0) is 27.7. The highest BCUT2D eigenvalue weighted by Crippen LogP contribution is 2.41. The van der Waals surface area contributed by atoms with Crippen molar-refractivity contribution in [2.24, 2.45) is 5.16 Å². The number of halogens is 3. The first kappa shape index (κ1) is 26.6. The number of rotatable bonds is 7. The molecule has 0 fully saturated rings. The van der Waals surface area contributed by atoms with Gasteiger partial charge in [0.1, 0.15) is 11.6 Å². The number of fused-ring (bicyclic) bond motifs is 1. The Kier molecular flexibility index (Phi) is 7.52. The third kappa shape index (κ3) is 4.94. The standard InChI is InChI=1S/C30H25F3N2O3S/c1-17-22(14-23-24(31)9-5-10-25(23)32)30-35(29(36)27(17)21-8-4-11-26(38-2)28(21)33)20(16-39-30)13-18-6-3-7-19(12-18)15-34-37/h3-12,15,20,37H,13-14,16H2,1-2H3/b34-15+. The summed E-state index contributed by atoms with van der Waals surface area (Å²) in [6.45, 7) is 1.69. The molecule has 1 aliphatic rings. The molecule has 1 unspecified atom stereocenters. The molecule has 200 valence electrons. The van der Waals surface area contributed by atoms with Crippen molar-refractivity contribution in [3.05, 3.63) is 116 Å². The summed E-state index contributed by atoms with van der Waals surface area (Å²) < 4.78 is 51.7. The molecule has 9 heteroatoms. The molecule has 0 aliphatic carbocycles. The Balaban J connectivity index is 1.71. The number of nitrogens with zero attached hydrogens (tertiary/aromatic N) is 2. The highest BCUT2D eigenvalue weighted by atomic mass is 32.2. The molecule has 0 saturated heterocycles. The average molecular weight is 551 g/mol. The second kappa shape index (κ2) is 11.0. The Morgan fingerprint density at radius 2 is 1.79 bits per heavy atom. The van der Waals surface area contributed by atoms with Gasteiger partial charge in [-0.2, -0.15) is 0 Å². The van der Waals surface area contributed by atoms with E-state index < -0.39 is 17.5 Å². The Bertz CT molecular complexity index is 1630. The minimum Gasteiger partial charge on any atom is -0.494 e. The lowest BCUT2D eigenvalue weighted by atomic mass is 9.93. The van der Waals surface area contributed by atoms with Gasteiger partial charge in [0.05, 0.1) is 30.0 Å². The van der Waals surface area contributed by atoms with Crippen molar-refractivity contribution in [1.29, 1.82) is 0 Å². The molecular formula is C30H25F3N2O3S. The quantitative estimate of drug-likeness (QED) is 0.161. The monoisotopic (exact) mass is 550 g/mol. The summed E-state index contributed by atoms with van der Waals surface area (Å²) in [7, 11) is 1.35. The van der Waals surface area contributed by atoms with E-state index in [1.165, 1.54) is 55.4 Å². The van der Waals surface area contributed by atoms with Gasteiger partial charge in [0, 0.05) is 23.3 Å². The number of methoxy groups -OCH3 is 1. The summed E-state index contributed by atoms with van der Waals surface area (Å²) in [6, 6.07) is 15.4. The van der Waals surface area contributed by atoms with Crippen LogP contribution in [0.1, 0.15) is 33.9 Å². The van der Waals surface area contributed by atoms with Crippen LogP contribution in [0.4, 0.5) is 13.2 Å². The van der Waals surface area contributed by atoms with E-state index in [1.807, 2.05) is 18.2 Å². The summed E-state index contributed by atoms with van der Waals surface area (Å²) in [5, 5.41) is 12.6. The van der Waals surface area contributed by atoms with Gasteiger partial charge in [-0.1, -0.05) is 47.6 Å². The van der Waals surface area contributed by atoms with Gasteiger partial charge in [-0.05, 0) is 53.8 Å². The van der Waals surface area contributed by atoms with Gasteiger partial charge >= 0.3 is 0 Å². The molecule has 0 radical (unpaired) electrons. The molecule has 4 aromatic rings. The summed E-state index contributed by atoms with van der Waals surface area (Å²) >= 11 is 1.44.